The molecule has 3 rings (SSSR count). The molecule has 1 aliphatic rings. The average molecular weight is 300 g/mol. The van der Waals surface area contributed by atoms with Crippen LogP contribution >= 0.6 is 11.8 Å². The molecule has 2 N–H and O–H groups in total. The van der Waals surface area contributed by atoms with Crippen molar-refractivity contribution in [3.63, 3.8) is 0 Å². The van der Waals surface area contributed by atoms with Crippen molar-refractivity contribution in [2.45, 2.75) is 38.0 Å². The van der Waals surface area contributed by atoms with Crippen LogP contribution in [-0.4, -0.2) is 15.7 Å². The third kappa shape index (κ3) is 3.81. The van der Waals surface area contributed by atoms with Crippen LogP contribution in [0.5, 0.6) is 0 Å². The van der Waals surface area contributed by atoms with E-state index in [1.165, 1.54) is 21.7 Å². The van der Waals surface area contributed by atoms with Gasteiger partial charge in [-0.3, -0.25) is 9.97 Å². The number of nitrogens with zero attached hydrogens (tertiary/aromatic N) is 2. The van der Waals surface area contributed by atoms with Crippen molar-refractivity contribution in [2.24, 2.45) is 0 Å². The van der Waals surface area contributed by atoms with Gasteiger partial charge in [0, 0.05) is 43.5 Å². The van der Waals surface area contributed by atoms with Gasteiger partial charge in [0.05, 0.1) is 11.4 Å². The summed E-state index contributed by atoms with van der Waals surface area (Å²) in [5, 5.41) is 6.75. The average Bonchev–Trinajstić information content (AvgIpc) is 2.97. The number of hydrogen-bond acceptors (Lipinski definition) is 5. The van der Waals surface area contributed by atoms with Gasteiger partial charge in [0.25, 0.3) is 0 Å². The van der Waals surface area contributed by atoms with E-state index in [9.17, 15) is 0 Å². The van der Waals surface area contributed by atoms with E-state index < -0.39 is 0 Å². The number of nitrogens with one attached hydrogen (secondary N) is 2. The molecule has 0 saturated heterocycles. The van der Waals surface area contributed by atoms with E-state index >= 15 is 0 Å². The molecule has 0 radical (unpaired) electrons. The fraction of sp³-hybridized carbons (Fsp3) is 0.375. The summed E-state index contributed by atoms with van der Waals surface area (Å²) in [6.07, 6.45) is 3.92. The molecule has 110 valence electrons. The van der Waals surface area contributed by atoms with Crippen LogP contribution in [0.3, 0.4) is 0 Å². The van der Waals surface area contributed by atoms with Gasteiger partial charge in [-0.1, -0.05) is 6.92 Å². The molecule has 2 aromatic rings. The lowest BCUT2D eigenvalue weighted by atomic mass is 10.1. The highest BCUT2D eigenvalue weighted by Gasteiger charge is 2.11. The topological polar surface area (TPSA) is 49.8 Å². The Kier molecular flexibility index (Phi) is 4.85. The minimum Gasteiger partial charge on any atom is -0.307 e. The molecule has 0 aliphatic carbocycles. The Hall–Kier alpha value is -1.43. The molecule has 0 fully saturated rings. The highest BCUT2D eigenvalue weighted by Crippen LogP contribution is 2.16. The largest absolute Gasteiger partial charge is 0.307 e. The summed E-state index contributed by atoms with van der Waals surface area (Å²) in [6, 6.07) is 6.47. The molecular weight excluding hydrogens is 280 g/mol. The first-order chi connectivity index (χ1) is 10.3. The minimum absolute atomic E-state index is 0.784. The van der Waals surface area contributed by atoms with Crippen LogP contribution in [0.1, 0.15) is 29.4 Å². The van der Waals surface area contributed by atoms with Crippen LogP contribution in [0.15, 0.2) is 35.5 Å². The zero-order chi connectivity index (χ0) is 14.5. The molecule has 0 atom stereocenters. The van der Waals surface area contributed by atoms with Gasteiger partial charge in [0.15, 0.2) is 0 Å². The second-order valence-electron chi connectivity index (χ2n) is 5.07. The molecular formula is C16H20N4S. The third-order valence-electron chi connectivity index (χ3n) is 3.47. The van der Waals surface area contributed by atoms with Crippen LogP contribution in [0, 0.1) is 0 Å². The number of fused-ring (bicyclic) bond motifs is 1. The van der Waals surface area contributed by atoms with E-state index in [1.54, 1.807) is 0 Å². The maximum Gasteiger partial charge on any atom is 0.0586 e. The number of hydrogen-bond donors (Lipinski definition) is 2. The van der Waals surface area contributed by atoms with E-state index in [1.807, 2.05) is 24.2 Å². The highest BCUT2D eigenvalue weighted by molar-refractivity contribution is 7.99. The van der Waals surface area contributed by atoms with Crippen molar-refractivity contribution >= 4 is 11.8 Å². The predicted octanol–water partition coefficient (Wildman–Crippen LogP) is 2.48. The van der Waals surface area contributed by atoms with Gasteiger partial charge in [-0.15, -0.1) is 11.8 Å². The van der Waals surface area contributed by atoms with E-state index in [0.29, 0.717) is 0 Å². The molecule has 1 aliphatic heterocycles. The first-order valence-corrected chi connectivity index (χ1v) is 8.29. The van der Waals surface area contributed by atoms with Crippen LogP contribution in [-0.2, 0) is 26.2 Å². The minimum atomic E-state index is 0.784. The SMILES string of the molecule is CCSc1ccc(CNCc2cnc3c(c2)CNC3)nc1. The zero-order valence-electron chi connectivity index (χ0n) is 12.2. The van der Waals surface area contributed by atoms with Crippen LogP contribution in [0.4, 0.5) is 0 Å². The van der Waals surface area contributed by atoms with Gasteiger partial charge in [0.2, 0.25) is 0 Å². The second kappa shape index (κ2) is 7.02. The number of rotatable bonds is 6. The fourth-order valence-corrected chi connectivity index (χ4v) is 3.04. The van der Waals surface area contributed by atoms with E-state index in [-0.39, 0.29) is 0 Å². The molecule has 0 aromatic carbocycles. The van der Waals surface area contributed by atoms with Gasteiger partial charge >= 0.3 is 0 Å². The van der Waals surface area contributed by atoms with Gasteiger partial charge < -0.3 is 10.6 Å². The van der Waals surface area contributed by atoms with E-state index in [2.05, 4.69) is 45.7 Å². The number of thioether (sulfide) groups is 1. The smallest absolute Gasteiger partial charge is 0.0586 e. The summed E-state index contributed by atoms with van der Waals surface area (Å²) in [5.74, 6) is 1.08. The Morgan fingerprint density at radius 1 is 1.19 bits per heavy atom. The molecule has 0 spiro atoms. The second-order valence-corrected chi connectivity index (χ2v) is 6.41. The first-order valence-electron chi connectivity index (χ1n) is 7.31. The number of aromatic nitrogens is 2. The summed E-state index contributed by atoms with van der Waals surface area (Å²) in [6.45, 7) is 5.60. The molecule has 0 unspecified atom stereocenters. The van der Waals surface area contributed by atoms with Crippen molar-refractivity contribution in [3.8, 4) is 0 Å². The maximum atomic E-state index is 4.50. The molecule has 5 heteroatoms. The van der Waals surface area contributed by atoms with Crippen molar-refractivity contribution in [1.29, 1.82) is 0 Å². The lowest BCUT2D eigenvalue weighted by Gasteiger charge is -2.06. The lowest BCUT2D eigenvalue weighted by molar-refractivity contribution is 0.676. The first kappa shape index (κ1) is 14.5. The Morgan fingerprint density at radius 3 is 2.95 bits per heavy atom. The number of pyridine rings is 2. The van der Waals surface area contributed by atoms with Crippen molar-refractivity contribution < 1.29 is 0 Å². The summed E-state index contributed by atoms with van der Waals surface area (Å²) in [5.41, 5.74) is 4.82. The van der Waals surface area contributed by atoms with Gasteiger partial charge in [-0.05, 0) is 35.1 Å². The third-order valence-corrected chi connectivity index (χ3v) is 4.33. The van der Waals surface area contributed by atoms with Crippen LogP contribution < -0.4 is 10.6 Å². The molecule has 21 heavy (non-hydrogen) atoms. The van der Waals surface area contributed by atoms with Crippen molar-refractivity contribution in [1.82, 2.24) is 20.6 Å². The molecule has 4 nitrogen and oxygen atoms in total. The molecule has 0 amide bonds. The highest BCUT2D eigenvalue weighted by atomic mass is 32.2. The van der Waals surface area contributed by atoms with E-state index in [4.69, 9.17) is 0 Å². The fourth-order valence-electron chi connectivity index (χ4n) is 2.42. The van der Waals surface area contributed by atoms with Gasteiger partial charge in [-0.25, -0.2) is 0 Å². The van der Waals surface area contributed by atoms with Crippen molar-refractivity contribution in [2.75, 3.05) is 5.75 Å². The Balaban J connectivity index is 1.51. The molecule has 3 heterocycles. The Morgan fingerprint density at radius 2 is 2.14 bits per heavy atom. The Bertz CT molecular complexity index is 598. The molecule has 0 bridgehead atoms. The molecule has 0 saturated carbocycles. The monoisotopic (exact) mass is 300 g/mol. The zero-order valence-corrected chi connectivity index (χ0v) is 13.0. The predicted molar refractivity (Wildman–Crippen MR) is 86.0 cm³/mol. The van der Waals surface area contributed by atoms with E-state index in [0.717, 1.165) is 37.6 Å². The summed E-state index contributed by atoms with van der Waals surface area (Å²) >= 11 is 1.82. The normalized spacial score (nSPS) is 13.4. The quantitative estimate of drug-likeness (QED) is 0.803. The lowest BCUT2D eigenvalue weighted by Crippen LogP contribution is -2.14. The summed E-state index contributed by atoms with van der Waals surface area (Å²) < 4.78 is 0. The van der Waals surface area contributed by atoms with Gasteiger partial charge in [-0.2, -0.15) is 0 Å². The van der Waals surface area contributed by atoms with Crippen LogP contribution in [0.25, 0.3) is 0 Å². The standard InChI is InChI=1S/C16H20N4S/c1-2-21-15-4-3-14(19-10-15)9-17-6-12-5-13-8-18-11-16(13)20-7-12/h3-5,7,10,17-18H,2,6,8-9,11H2,1H3. The molecule has 2 aromatic heterocycles. The maximum absolute atomic E-state index is 4.50. The summed E-state index contributed by atoms with van der Waals surface area (Å²) in [4.78, 5) is 10.2. The van der Waals surface area contributed by atoms with Crippen molar-refractivity contribution in [3.05, 3.63) is 53.1 Å². The van der Waals surface area contributed by atoms with Crippen LogP contribution in [0.2, 0.25) is 0 Å². The Labute approximate surface area is 129 Å². The van der Waals surface area contributed by atoms with Gasteiger partial charge in [0.1, 0.15) is 0 Å². The summed E-state index contributed by atoms with van der Waals surface area (Å²) in [7, 11) is 0.